The Labute approximate surface area is 146 Å². The summed E-state index contributed by atoms with van der Waals surface area (Å²) in [4.78, 5) is 20.9. The van der Waals surface area contributed by atoms with E-state index in [1.54, 1.807) is 37.3 Å². The van der Waals surface area contributed by atoms with Crippen LogP contribution in [0.1, 0.15) is 34.7 Å². The van der Waals surface area contributed by atoms with E-state index in [4.69, 9.17) is 10.00 Å². The van der Waals surface area contributed by atoms with E-state index in [1.165, 1.54) is 0 Å². The van der Waals surface area contributed by atoms with Crippen LogP contribution in [0.4, 0.5) is 11.5 Å². The van der Waals surface area contributed by atoms with Gasteiger partial charge in [0.15, 0.2) is 0 Å². The lowest BCUT2D eigenvalue weighted by Crippen LogP contribution is -2.20. The molecule has 1 unspecified atom stereocenters. The number of carbonyl (C=O) groups is 1. The van der Waals surface area contributed by atoms with Crippen molar-refractivity contribution in [2.24, 2.45) is 0 Å². The molecular weight excluding hydrogens is 318 g/mol. The normalized spacial score (nSPS) is 16.2. The van der Waals surface area contributed by atoms with Crippen molar-refractivity contribution in [3.05, 3.63) is 47.4 Å². The van der Waals surface area contributed by atoms with Crippen LogP contribution in [0.3, 0.4) is 0 Å². The van der Waals surface area contributed by atoms with E-state index < -0.39 is 0 Å². The molecule has 1 amide bonds. The van der Waals surface area contributed by atoms with Crippen molar-refractivity contribution >= 4 is 17.4 Å². The van der Waals surface area contributed by atoms with Gasteiger partial charge in [-0.3, -0.25) is 4.79 Å². The van der Waals surface area contributed by atoms with Crippen LogP contribution in [-0.2, 0) is 4.74 Å². The summed E-state index contributed by atoms with van der Waals surface area (Å²) < 4.78 is 5.57. The number of nitrogens with zero attached hydrogens (tertiary/aromatic N) is 3. The molecule has 1 fully saturated rings. The molecule has 1 aliphatic heterocycles. The average Bonchev–Trinajstić information content (AvgIpc) is 3.13. The minimum atomic E-state index is -0.347. The first-order chi connectivity index (χ1) is 12.1. The second-order valence-electron chi connectivity index (χ2n) is 5.85. The summed E-state index contributed by atoms with van der Waals surface area (Å²) in [6, 6.07) is 10.4. The predicted molar refractivity (Wildman–Crippen MR) is 93.3 cm³/mol. The van der Waals surface area contributed by atoms with Crippen molar-refractivity contribution in [3.8, 4) is 6.07 Å². The maximum atomic E-state index is 12.4. The molecule has 128 valence electrons. The number of ether oxygens (including phenoxy) is 1. The highest BCUT2D eigenvalue weighted by atomic mass is 16.5. The largest absolute Gasteiger partial charge is 0.376 e. The van der Waals surface area contributed by atoms with Crippen LogP contribution in [0, 0.1) is 18.3 Å². The molecule has 0 radical (unpaired) electrons. The SMILES string of the molecule is Cc1nc(NCC2CCCO2)cc(C(=O)Nc2cccc(C#N)c2)n1. The van der Waals surface area contributed by atoms with Crippen LogP contribution >= 0.6 is 0 Å². The molecule has 7 nitrogen and oxygen atoms in total. The molecule has 2 aromatic rings. The fourth-order valence-corrected chi connectivity index (χ4v) is 2.66. The molecule has 2 N–H and O–H groups in total. The summed E-state index contributed by atoms with van der Waals surface area (Å²) in [5.74, 6) is 0.757. The van der Waals surface area contributed by atoms with E-state index in [0.29, 0.717) is 29.4 Å². The number of aromatic nitrogens is 2. The second-order valence-corrected chi connectivity index (χ2v) is 5.85. The number of benzene rings is 1. The maximum Gasteiger partial charge on any atom is 0.274 e. The quantitative estimate of drug-likeness (QED) is 0.869. The van der Waals surface area contributed by atoms with Crippen LogP contribution in [0.25, 0.3) is 0 Å². The van der Waals surface area contributed by atoms with Gasteiger partial charge in [0, 0.05) is 24.9 Å². The molecule has 2 heterocycles. The zero-order valence-electron chi connectivity index (χ0n) is 14.0. The Bertz CT molecular complexity index is 809. The Morgan fingerprint density at radius 2 is 2.28 bits per heavy atom. The van der Waals surface area contributed by atoms with Gasteiger partial charge in [0.1, 0.15) is 17.3 Å². The Morgan fingerprint density at radius 3 is 3.04 bits per heavy atom. The van der Waals surface area contributed by atoms with Crippen LogP contribution in [0.5, 0.6) is 0 Å². The van der Waals surface area contributed by atoms with E-state index >= 15 is 0 Å². The minimum absolute atomic E-state index is 0.182. The number of rotatable bonds is 5. The van der Waals surface area contributed by atoms with Crippen molar-refractivity contribution in [2.45, 2.75) is 25.9 Å². The van der Waals surface area contributed by atoms with Crippen LogP contribution in [0.2, 0.25) is 0 Å². The zero-order chi connectivity index (χ0) is 17.6. The Hall–Kier alpha value is -2.98. The Balaban J connectivity index is 1.69. The first-order valence-corrected chi connectivity index (χ1v) is 8.17. The topological polar surface area (TPSA) is 99.9 Å². The molecule has 1 aliphatic rings. The standard InChI is InChI=1S/C18H19N5O2/c1-12-21-16(9-17(22-12)20-11-15-6-3-7-25-15)18(24)23-14-5-2-4-13(8-14)10-19/h2,4-5,8-9,15H,3,6-7,11H2,1H3,(H,23,24)(H,20,21,22). The number of anilines is 2. The number of amides is 1. The molecule has 0 saturated carbocycles. The monoisotopic (exact) mass is 337 g/mol. The van der Waals surface area contributed by atoms with E-state index in [-0.39, 0.29) is 17.7 Å². The number of hydrogen-bond acceptors (Lipinski definition) is 6. The van der Waals surface area contributed by atoms with Gasteiger partial charge < -0.3 is 15.4 Å². The second kappa shape index (κ2) is 7.73. The molecule has 0 bridgehead atoms. The smallest absolute Gasteiger partial charge is 0.274 e. The Morgan fingerprint density at radius 1 is 1.40 bits per heavy atom. The van der Waals surface area contributed by atoms with E-state index in [1.807, 2.05) is 6.07 Å². The maximum absolute atomic E-state index is 12.4. The first kappa shape index (κ1) is 16.9. The fraction of sp³-hybridized carbons (Fsp3) is 0.333. The summed E-state index contributed by atoms with van der Waals surface area (Å²) in [5, 5.41) is 14.9. The number of aryl methyl sites for hydroxylation is 1. The average molecular weight is 337 g/mol. The summed E-state index contributed by atoms with van der Waals surface area (Å²) in [6.07, 6.45) is 2.28. The molecule has 0 aliphatic carbocycles. The molecule has 0 spiro atoms. The van der Waals surface area contributed by atoms with Gasteiger partial charge in [-0.2, -0.15) is 5.26 Å². The fourth-order valence-electron chi connectivity index (χ4n) is 2.66. The molecule has 1 aromatic carbocycles. The summed E-state index contributed by atoms with van der Waals surface area (Å²) in [5.41, 5.74) is 1.30. The third kappa shape index (κ3) is 4.52. The summed E-state index contributed by atoms with van der Waals surface area (Å²) in [7, 11) is 0. The molecule has 1 saturated heterocycles. The lowest BCUT2D eigenvalue weighted by molar-refractivity contribution is 0.102. The summed E-state index contributed by atoms with van der Waals surface area (Å²) >= 11 is 0. The molecule has 1 atom stereocenters. The lowest BCUT2D eigenvalue weighted by Gasteiger charge is -2.12. The highest BCUT2D eigenvalue weighted by molar-refractivity contribution is 6.03. The van der Waals surface area contributed by atoms with Gasteiger partial charge in [0.25, 0.3) is 5.91 Å². The molecule has 25 heavy (non-hydrogen) atoms. The van der Waals surface area contributed by atoms with Gasteiger partial charge in [0.05, 0.1) is 17.7 Å². The zero-order valence-corrected chi connectivity index (χ0v) is 14.0. The number of carbonyl (C=O) groups excluding carboxylic acids is 1. The third-order valence-corrected chi connectivity index (χ3v) is 3.85. The lowest BCUT2D eigenvalue weighted by atomic mass is 10.2. The predicted octanol–water partition coefficient (Wildman–Crippen LogP) is 2.50. The van der Waals surface area contributed by atoms with E-state index in [9.17, 15) is 4.79 Å². The molecule has 7 heteroatoms. The van der Waals surface area contributed by atoms with Crippen LogP contribution < -0.4 is 10.6 Å². The van der Waals surface area contributed by atoms with E-state index in [2.05, 4.69) is 20.6 Å². The molecule has 3 rings (SSSR count). The minimum Gasteiger partial charge on any atom is -0.376 e. The van der Waals surface area contributed by atoms with Gasteiger partial charge in [-0.25, -0.2) is 9.97 Å². The van der Waals surface area contributed by atoms with Gasteiger partial charge >= 0.3 is 0 Å². The van der Waals surface area contributed by atoms with Crippen LogP contribution in [-0.4, -0.2) is 35.1 Å². The first-order valence-electron chi connectivity index (χ1n) is 8.17. The summed E-state index contributed by atoms with van der Waals surface area (Å²) in [6.45, 7) is 3.19. The van der Waals surface area contributed by atoms with E-state index in [0.717, 1.165) is 19.4 Å². The molecule has 1 aromatic heterocycles. The van der Waals surface area contributed by atoms with Gasteiger partial charge in [-0.15, -0.1) is 0 Å². The van der Waals surface area contributed by atoms with Crippen molar-refractivity contribution in [3.63, 3.8) is 0 Å². The van der Waals surface area contributed by atoms with Gasteiger partial charge in [-0.05, 0) is 38.0 Å². The van der Waals surface area contributed by atoms with Gasteiger partial charge in [-0.1, -0.05) is 6.07 Å². The number of nitriles is 1. The van der Waals surface area contributed by atoms with Gasteiger partial charge in [0.2, 0.25) is 0 Å². The van der Waals surface area contributed by atoms with Crippen molar-refractivity contribution < 1.29 is 9.53 Å². The van der Waals surface area contributed by atoms with Crippen molar-refractivity contribution in [1.29, 1.82) is 5.26 Å². The highest BCUT2D eigenvalue weighted by Gasteiger charge is 2.16. The number of nitrogens with one attached hydrogen (secondary N) is 2. The molecular formula is C18H19N5O2. The third-order valence-electron chi connectivity index (χ3n) is 3.85. The van der Waals surface area contributed by atoms with Crippen LogP contribution in [0.15, 0.2) is 30.3 Å². The van der Waals surface area contributed by atoms with Crippen molar-refractivity contribution in [1.82, 2.24) is 9.97 Å². The highest BCUT2D eigenvalue weighted by Crippen LogP contribution is 2.15. The number of hydrogen-bond donors (Lipinski definition) is 2. The Kier molecular flexibility index (Phi) is 5.21. The van der Waals surface area contributed by atoms with Crippen molar-refractivity contribution in [2.75, 3.05) is 23.8 Å².